The summed E-state index contributed by atoms with van der Waals surface area (Å²) in [6.45, 7) is 4.50. The monoisotopic (exact) mass is 184 g/mol. The van der Waals surface area contributed by atoms with Gasteiger partial charge in [0.1, 0.15) is 0 Å². The second kappa shape index (κ2) is 5.64. The van der Waals surface area contributed by atoms with Gasteiger partial charge in [-0.15, -0.1) is 0 Å². The highest BCUT2D eigenvalue weighted by Gasteiger charge is 2.20. The zero-order chi connectivity index (χ0) is 9.68. The molecule has 0 amide bonds. The van der Waals surface area contributed by atoms with Crippen molar-refractivity contribution in [3.63, 3.8) is 0 Å². The first-order chi connectivity index (χ1) is 6.18. The van der Waals surface area contributed by atoms with Crippen LogP contribution in [0.5, 0.6) is 0 Å². The molecule has 0 aromatic rings. The molecular weight excluding hydrogens is 160 g/mol. The van der Waals surface area contributed by atoms with Gasteiger partial charge in [0, 0.05) is 0 Å². The van der Waals surface area contributed by atoms with Crippen molar-refractivity contribution in [2.75, 3.05) is 0 Å². The van der Waals surface area contributed by atoms with Crippen molar-refractivity contribution < 1.29 is 5.11 Å². The first-order valence-corrected chi connectivity index (χ1v) is 5.86. The summed E-state index contributed by atoms with van der Waals surface area (Å²) < 4.78 is 0. The Morgan fingerprint density at radius 1 is 1.23 bits per heavy atom. The van der Waals surface area contributed by atoms with Crippen LogP contribution < -0.4 is 0 Å². The Hall–Kier alpha value is -0.0400. The van der Waals surface area contributed by atoms with E-state index in [-0.39, 0.29) is 6.10 Å². The van der Waals surface area contributed by atoms with Crippen LogP contribution in [-0.4, -0.2) is 11.2 Å². The molecule has 13 heavy (non-hydrogen) atoms. The number of hydrogen-bond acceptors (Lipinski definition) is 1. The molecule has 0 bridgehead atoms. The van der Waals surface area contributed by atoms with Crippen LogP contribution in [0, 0.1) is 11.8 Å². The Morgan fingerprint density at radius 2 is 1.92 bits per heavy atom. The van der Waals surface area contributed by atoms with Crippen molar-refractivity contribution in [1.29, 1.82) is 0 Å². The molecule has 1 nitrogen and oxygen atoms in total. The van der Waals surface area contributed by atoms with Crippen LogP contribution in [0.15, 0.2) is 0 Å². The van der Waals surface area contributed by atoms with Crippen molar-refractivity contribution in [3.05, 3.63) is 0 Å². The van der Waals surface area contributed by atoms with E-state index in [0.29, 0.717) is 0 Å². The fraction of sp³-hybridized carbons (Fsp3) is 1.00. The zero-order valence-electron chi connectivity index (χ0n) is 9.13. The quantitative estimate of drug-likeness (QED) is 0.671. The summed E-state index contributed by atoms with van der Waals surface area (Å²) in [6, 6.07) is 0. The highest BCUT2D eigenvalue weighted by Crippen LogP contribution is 2.31. The molecule has 78 valence electrons. The molecule has 1 aliphatic rings. The van der Waals surface area contributed by atoms with Crippen molar-refractivity contribution in [3.8, 4) is 0 Å². The third-order valence-electron chi connectivity index (χ3n) is 3.15. The number of aliphatic hydroxyl groups is 1. The second-order valence-corrected chi connectivity index (χ2v) is 5.01. The molecular formula is C12H24O. The lowest BCUT2D eigenvalue weighted by atomic mass is 9.81. The summed E-state index contributed by atoms with van der Waals surface area (Å²) in [6.07, 6.45) is 8.66. The first-order valence-electron chi connectivity index (χ1n) is 5.86. The van der Waals surface area contributed by atoms with Crippen LogP contribution >= 0.6 is 0 Å². The number of rotatable bonds is 6. The van der Waals surface area contributed by atoms with Crippen molar-refractivity contribution >= 4 is 0 Å². The maximum atomic E-state index is 9.70. The predicted octanol–water partition coefficient (Wildman–Crippen LogP) is 3.36. The van der Waals surface area contributed by atoms with Gasteiger partial charge in [0.15, 0.2) is 0 Å². The third-order valence-corrected chi connectivity index (χ3v) is 3.15. The summed E-state index contributed by atoms with van der Waals surface area (Å²) in [7, 11) is 0. The Balaban J connectivity index is 1.93. The highest BCUT2D eigenvalue weighted by atomic mass is 16.3. The Kier molecular flexibility index (Phi) is 4.79. The summed E-state index contributed by atoms with van der Waals surface area (Å²) in [4.78, 5) is 0. The van der Waals surface area contributed by atoms with Crippen LogP contribution in [0.25, 0.3) is 0 Å². The standard InChI is InChI=1S/C12H24O/c1-10(2)5-3-8-12(13)9-11-6-4-7-11/h10-13H,3-9H2,1-2H3. The first kappa shape index (κ1) is 11.0. The van der Waals surface area contributed by atoms with Crippen molar-refractivity contribution in [1.82, 2.24) is 0 Å². The van der Waals surface area contributed by atoms with Gasteiger partial charge in [0.2, 0.25) is 0 Å². The van der Waals surface area contributed by atoms with Crippen LogP contribution in [0.3, 0.4) is 0 Å². The van der Waals surface area contributed by atoms with Gasteiger partial charge in [-0.25, -0.2) is 0 Å². The number of aliphatic hydroxyl groups excluding tert-OH is 1. The average Bonchev–Trinajstić information content (AvgIpc) is 1.96. The van der Waals surface area contributed by atoms with Crippen molar-refractivity contribution in [2.24, 2.45) is 11.8 Å². The molecule has 1 atom stereocenters. The summed E-state index contributed by atoms with van der Waals surface area (Å²) >= 11 is 0. The molecule has 1 fully saturated rings. The summed E-state index contributed by atoms with van der Waals surface area (Å²) in [5.74, 6) is 1.64. The molecule has 0 aliphatic heterocycles. The average molecular weight is 184 g/mol. The van der Waals surface area contributed by atoms with Gasteiger partial charge in [-0.05, 0) is 24.7 Å². The molecule has 1 rings (SSSR count). The minimum absolute atomic E-state index is 0.0101. The van der Waals surface area contributed by atoms with Gasteiger partial charge in [-0.1, -0.05) is 46.0 Å². The van der Waals surface area contributed by atoms with Crippen LogP contribution in [0.1, 0.15) is 58.8 Å². The SMILES string of the molecule is CC(C)CCCC(O)CC1CCC1. The van der Waals surface area contributed by atoms with Gasteiger partial charge >= 0.3 is 0 Å². The molecule has 1 aliphatic carbocycles. The zero-order valence-corrected chi connectivity index (χ0v) is 9.13. The molecule has 1 N–H and O–H groups in total. The molecule has 0 heterocycles. The predicted molar refractivity (Wildman–Crippen MR) is 56.7 cm³/mol. The highest BCUT2D eigenvalue weighted by molar-refractivity contribution is 4.73. The molecule has 0 saturated heterocycles. The molecule has 1 heteroatoms. The Morgan fingerprint density at radius 3 is 2.38 bits per heavy atom. The molecule has 0 aromatic heterocycles. The van der Waals surface area contributed by atoms with Gasteiger partial charge in [0.05, 0.1) is 6.10 Å². The van der Waals surface area contributed by atoms with E-state index in [1.807, 2.05) is 0 Å². The lowest BCUT2D eigenvalue weighted by molar-refractivity contribution is 0.106. The van der Waals surface area contributed by atoms with Gasteiger partial charge in [-0.3, -0.25) is 0 Å². The maximum absolute atomic E-state index is 9.70. The topological polar surface area (TPSA) is 20.2 Å². The van der Waals surface area contributed by atoms with E-state index in [0.717, 1.165) is 24.7 Å². The van der Waals surface area contributed by atoms with Gasteiger partial charge in [0.25, 0.3) is 0 Å². The lowest BCUT2D eigenvalue weighted by Crippen LogP contribution is -2.19. The maximum Gasteiger partial charge on any atom is 0.0542 e. The Bertz CT molecular complexity index is 127. The molecule has 0 aromatic carbocycles. The van der Waals surface area contributed by atoms with E-state index >= 15 is 0 Å². The fourth-order valence-corrected chi connectivity index (χ4v) is 1.99. The van der Waals surface area contributed by atoms with E-state index in [1.54, 1.807) is 0 Å². The molecule has 0 radical (unpaired) electrons. The summed E-state index contributed by atoms with van der Waals surface area (Å²) in [5, 5.41) is 9.70. The lowest BCUT2D eigenvalue weighted by Gasteiger charge is -2.27. The van der Waals surface area contributed by atoms with E-state index in [4.69, 9.17) is 0 Å². The molecule has 1 unspecified atom stereocenters. The van der Waals surface area contributed by atoms with E-state index in [2.05, 4.69) is 13.8 Å². The summed E-state index contributed by atoms with van der Waals surface area (Å²) in [5.41, 5.74) is 0. The normalized spacial score (nSPS) is 20.3. The largest absolute Gasteiger partial charge is 0.393 e. The second-order valence-electron chi connectivity index (χ2n) is 5.01. The van der Waals surface area contributed by atoms with Gasteiger partial charge in [-0.2, -0.15) is 0 Å². The minimum atomic E-state index is -0.0101. The molecule has 0 spiro atoms. The fourth-order valence-electron chi connectivity index (χ4n) is 1.99. The smallest absolute Gasteiger partial charge is 0.0542 e. The third kappa shape index (κ3) is 4.66. The van der Waals surface area contributed by atoms with E-state index in [1.165, 1.54) is 32.1 Å². The van der Waals surface area contributed by atoms with E-state index < -0.39 is 0 Å². The Labute approximate surface area is 82.5 Å². The van der Waals surface area contributed by atoms with Gasteiger partial charge < -0.3 is 5.11 Å². The van der Waals surface area contributed by atoms with Crippen LogP contribution in [0.4, 0.5) is 0 Å². The molecule has 1 saturated carbocycles. The van der Waals surface area contributed by atoms with Crippen molar-refractivity contribution in [2.45, 2.75) is 64.9 Å². The van der Waals surface area contributed by atoms with Crippen LogP contribution in [0.2, 0.25) is 0 Å². The van der Waals surface area contributed by atoms with Crippen LogP contribution in [-0.2, 0) is 0 Å². The number of hydrogen-bond donors (Lipinski definition) is 1. The minimum Gasteiger partial charge on any atom is -0.393 e. The van der Waals surface area contributed by atoms with E-state index in [9.17, 15) is 5.11 Å².